The Hall–Kier alpha value is -0.130. The minimum Gasteiger partial charge on any atom is -0.317 e. The van der Waals surface area contributed by atoms with Crippen molar-refractivity contribution in [2.45, 2.75) is 38.0 Å². The van der Waals surface area contributed by atoms with E-state index < -0.39 is 10.0 Å². The van der Waals surface area contributed by atoms with Crippen molar-refractivity contribution in [1.82, 2.24) is 9.62 Å². The van der Waals surface area contributed by atoms with Crippen molar-refractivity contribution in [1.29, 1.82) is 0 Å². The number of nitrogens with one attached hydrogen (secondary N) is 1. The molecule has 14 heavy (non-hydrogen) atoms. The fraction of sp³-hybridized carbons (Fsp3) is 1.00. The lowest BCUT2D eigenvalue weighted by atomic mass is 10.1. The van der Waals surface area contributed by atoms with Crippen LogP contribution in [-0.4, -0.2) is 44.2 Å². The van der Waals surface area contributed by atoms with Crippen LogP contribution < -0.4 is 5.32 Å². The lowest BCUT2D eigenvalue weighted by Gasteiger charge is -2.32. The summed E-state index contributed by atoms with van der Waals surface area (Å²) in [5, 5.41) is 2.89. The molecule has 0 aromatic heterocycles. The summed E-state index contributed by atoms with van der Waals surface area (Å²) in [7, 11) is -1.10. The quantitative estimate of drug-likeness (QED) is 0.749. The summed E-state index contributed by atoms with van der Waals surface area (Å²) in [5.41, 5.74) is 0. The van der Waals surface area contributed by atoms with E-state index in [0.717, 1.165) is 12.8 Å². The highest BCUT2D eigenvalue weighted by Crippen LogP contribution is 2.16. The van der Waals surface area contributed by atoms with Gasteiger partial charge in [-0.25, -0.2) is 12.7 Å². The van der Waals surface area contributed by atoms with E-state index in [2.05, 4.69) is 5.32 Å². The van der Waals surface area contributed by atoms with Crippen LogP contribution in [0.15, 0.2) is 0 Å². The molecule has 0 atom stereocenters. The van der Waals surface area contributed by atoms with Crippen LogP contribution in [0.2, 0.25) is 0 Å². The Kier molecular flexibility index (Phi) is 3.92. The molecule has 4 nitrogen and oxygen atoms in total. The van der Waals surface area contributed by atoms with Gasteiger partial charge in [-0.2, -0.15) is 0 Å². The summed E-state index contributed by atoms with van der Waals surface area (Å²) in [6.45, 7) is 4.79. The third kappa shape index (κ3) is 2.46. The molecule has 1 fully saturated rings. The van der Waals surface area contributed by atoms with Crippen LogP contribution >= 0.6 is 0 Å². The van der Waals surface area contributed by atoms with Gasteiger partial charge in [0.1, 0.15) is 0 Å². The molecule has 84 valence electrons. The van der Waals surface area contributed by atoms with Gasteiger partial charge in [0.05, 0.1) is 5.25 Å². The molecule has 1 saturated heterocycles. The van der Waals surface area contributed by atoms with Crippen LogP contribution in [0.4, 0.5) is 0 Å². The lowest BCUT2D eigenvalue weighted by molar-refractivity contribution is 0.296. The molecule has 1 rings (SSSR count). The highest BCUT2D eigenvalue weighted by Gasteiger charge is 2.29. The first-order chi connectivity index (χ1) is 6.48. The summed E-state index contributed by atoms with van der Waals surface area (Å²) in [4.78, 5) is 0. The molecule has 1 aliphatic rings. The average molecular weight is 220 g/mol. The van der Waals surface area contributed by atoms with E-state index in [-0.39, 0.29) is 5.25 Å². The number of nitrogens with zero attached hydrogens (tertiary/aromatic N) is 1. The number of hydrogen-bond acceptors (Lipinski definition) is 3. The van der Waals surface area contributed by atoms with Crippen molar-refractivity contribution in [3.63, 3.8) is 0 Å². The van der Waals surface area contributed by atoms with Crippen molar-refractivity contribution in [2.24, 2.45) is 0 Å². The molecule has 0 aromatic carbocycles. The fourth-order valence-electron chi connectivity index (χ4n) is 1.70. The van der Waals surface area contributed by atoms with Gasteiger partial charge < -0.3 is 5.32 Å². The Morgan fingerprint density at radius 2 is 1.79 bits per heavy atom. The molecule has 0 aliphatic carbocycles. The van der Waals surface area contributed by atoms with E-state index in [1.807, 2.05) is 7.05 Å². The van der Waals surface area contributed by atoms with Crippen LogP contribution in [-0.2, 0) is 10.0 Å². The predicted octanol–water partition coefficient (Wildman–Crippen LogP) is 0.408. The van der Waals surface area contributed by atoms with Crippen molar-refractivity contribution in [3.8, 4) is 0 Å². The molecule has 0 aromatic rings. The van der Waals surface area contributed by atoms with E-state index in [1.54, 1.807) is 18.2 Å². The smallest absolute Gasteiger partial charge is 0.216 e. The second kappa shape index (κ2) is 4.59. The van der Waals surface area contributed by atoms with Crippen LogP contribution in [0.1, 0.15) is 26.7 Å². The summed E-state index contributed by atoms with van der Waals surface area (Å²) in [6.07, 6.45) is 1.84. The van der Waals surface area contributed by atoms with Crippen molar-refractivity contribution >= 4 is 10.0 Å². The Morgan fingerprint density at radius 3 is 2.14 bits per heavy atom. The van der Waals surface area contributed by atoms with Gasteiger partial charge in [0.25, 0.3) is 0 Å². The van der Waals surface area contributed by atoms with Crippen molar-refractivity contribution in [3.05, 3.63) is 0 Å². The van der Waals surface area contributed by atoms with Gasteiger partial charge in [0.15, 0.2) is 0 Å². The second-order valence-corrected chi connectivity index (χ2v) is 6.54. The fourth-order valence-corrected chi connectivity index (χ4v) is 3.01. The Balaban J connectivity index is 2.58. The topological polar surface area (TPSA) is 49.4 Å². The zero-order valence-electron chi connectivity index (χ0n) is 9.16. The first-order valence-electron chi connectivity index (χ1n) is 5.14. The van der Waals surface area contributed by atoms with Gasteiger partial charge in [-0.3, -0.25) is 0 Å². The molecular formula is C9H20N2O2S. The first-order valence-corrected chi connectivity index (χ1v) is 6.65. The molecule has 5 heteroatoms. The first kappa shape index (κ1) is 11.9. The van der Waals surface area contributed by atoms with Gasteiger partial charge in [-0.05, 0) is 33.7 Å². The molecule has 1 N–H and O–H groups in total. The third-order valence-corrected chi connectivity index (χ3v) is 5.09. The summed E-state index contributed by atoms with van der Waals surface area (Å²) in [6, 6.07) is 0.480. The van der Waals surface area contributed by atoms with Crippen LogP contribution in [0, 0.1) is 0 Å². The van der Waals surface area contributed by atoms with E-state index in [4.69, 9.17) is 0 Å². The SMILES string of the molecule is CNC1CCN(S(=O)(=O)C(C)C)CC1. The zero-order chi connectivity index (χ0) is 10.8. The molecule has 0 spiro atoms. The Bertz CT molecular complexity index is 267. The highest BCUT2D eigenvalue weighted by atomic mass is 32.2. The van der Waals surface area contributed by atoms with E-state index in [1.165, 1.54) is 0 Å². The zero-order valence-corrected chi connectivity index (χ0v) is 9.97. The highest BCUT2D eigenvalue weighted by molar-refractivity contribution is 7.89. The second-order valence-electron chi connectivity index (χ2n) is 4.06. The maximum absolute atomic E-state index is 11.8. The number of hydrogen-bond donors (Lipinski definition) is 1. The average Bonchev–Trinajstić information content (AvgIpc) is 2.17. The maximum Gasteiger partial charge on any atom is 0.216 e. The minimum absolute atomic E-state index is 0.298. The van der Waals surface area contributed by atoms with Crippen molar-refractivity contribution < 1.29 is 8.42 Å². The standard InChI is InChI=1S/C9H20N2O2S/c1-8(2)14(12,13)11-6-4-9(10-3)5-7-11/h8-10H,4-7H2,1-3H3. The minimum atomic E-state index is -3.03. The molecule has 0 saturated carbocycles. The molecule has 0 unspecified atom stereocenters. The van der Waals surface area contributed by atoms with E-state index >= 15 is 0 Å². The van der Waals surface area contributed by atoms with Crippen LogP contribution in [0.5, 0.6) is 0 Å². The molecular weight excluding hydrogens is 200 g/mol. The van der Waals surface area contributed by atoms with Crippen LogP contribution in [0.25, 0.3) is 0 Å². The van der Waals surface area contributed by atoms with Gasteiger partial charge in [0.2, 0.25) is 10.0 Å². The molecule has 0 bridgehead atoms. The lowest BCUT2D eigenvalue weighted by Crippen LogP contribution is -2.46. The summed E-state index contributed by atoms with van der Waals surface area (Å²) in [5.74, 6) is 0. The Morgan fingerprint density at radius 1 is 1.29 bits per heavy atom. The van der Waals surface area contributed by atoms with E-state index in [0.29, 0.717) is 19.1 Å². The summed E-state index contributed by atoms with van der Waals surface area (Å²) < 4.78 is 25.2. The number of piperidine rings is 1. The molecule has 0 radical (unpaired) electrons. The van der Waals surface area contributed by atoms with E-state index in [9.17, 15) is 8.42 Å². The van der Waals surface area contributed by atoms with Crippen molar-refractivity contribution in [2.75, 3.05) is 20.1 Å². The molecule has 0 amide bonds. The Labute approximate surface area is 86.7 Å². The molecule has 1 aliphatic heterocycles. The van der Waals surface area contributed by atoms with Gasteiger partial charge >= 0.3 is 0 Å². The predicted molar refractivity (Wildman–Crippen MR) is 57.7 cm³/mol. The largest absolute Gasteiger partial charge is 0.317 e. The monoisotopic (exact) mass is 220 g/mol. The van der Waals surface area contributed by atoms with Gasteiger partial charge in [0, 0.05) is 19.1 Å². The number of sulfonamides is 1. The molecule has 1 heterocycles. The van der Waals surface area contributed by atoms with Gasteiger partial charge in [-0.1, -0.05) is 0 Å². The number of rotatable bonds is 3. The maximum atomic E-state index is 11.8. The third-order valence-electron chi connectivity index (χ3n) is 2.82. The van der Waals surface area contributed by atoms with Crippen LogP contribution in [0.3, 0.4) is 0 Å². The normalized spacial score (nSPS) is 21.7. The van der Waals surface area contributed by atoms with Gasteiger partial charge in [-0.15, -0.1) is 0 Å². The summed E-state index contributed by atoms with van der Waals surface area (Å²) >= 11 is 0.